The largest absolute Gasteiger partial charge is 0.153 e. The van der Waals surface area contributed by atoms with Crippen LogP contribution in [-0.2, 0) is 0 Å². The van der Waals surface area contributed by atoms with E-state index in [2.05, 4.69) is 29.5 Å². The molecule has 0 N–H and O–H groups in total. The van der Waals surface area contributed by atoms with E-state index in [0.29, 0.717) is 0 Å². The van der Waals surface area contributed by atoms with Crippen LogP contribution in [0.4, 0.5) is 0 Å². The van der Waals surface area contributed by atoms with Crippen LogP contribution in [0, 0.1) is 0 Å². The van der Waals surface area contributed by atoms with Gasteiger partial charge >= 0.3 is 0 Å². The van der Waals surface area contributed by atoms with E-state index in [9.17, 15) is 0 Å². The molecule has 0 aliphatic rings. The van der Waals surface area contributed by atoms with Crippen LogP contribution in [0.2, 0.25) is 0 Å². The smallest absolute Gasteiger partial charge is 0.000483 e. The Morgan fingerprint density at radius 3 is 2.00 bits per heavy atom. The average Bonchev–Trinajstić information content (AvgIpc) is 1.41. The van der Waals surface area contributed by atoms with E-state index in [0.717, 1.165) is 0 Å². The van der Waals surface area contributed by atoms with Gasteiger partial charge in [-0.25, -0.2) is 0 Å². The van der Waals surface area contributed by atoms with Gasteiger partial charge in [-0.2, -0.15) is 9.90 Å². The Bertz CT molecular complexity index is 15.0. The van der Waals surface area contributed by atoms with E-state index >= 15 is 0 Å². The van der Waals surface area contributed by atoms with E-state index < -0.39 is 0 Å². The molecule has 0 aromatic carbocycles. The molecular formula is C4H12IP. The summed E-state index contributed by atoms with van der Waals surface area (Å²) in [5, 5.41) is 0. The van der Waals surface area contributed by atoms with Crippen molar-refractivity contribution in [1.82, 2.24) is 0 Å². The SMILES string of the molecule is CCCCI.P. The fraction of sp³-hybridized carbons (Fsp3) is 1.00. The van der Waals surface area contributed by atoms with Crippen molar-refractivity contribution >= 4 is 32.5 Å². The molecule has 0 bridgehead atoms. The molecule has 0 aliphatic carbocycles. The quantitative estimate of drug-likeness (QED) is 0.379. The minimum atomic E-state index is 0. The minimum absolute atomic E-state index is 0. The zero-order chi connectivity index (χ0) is 4.12. The summed E-state index contributed by atoms with van der Waals surface area (Å²) in [4.78, 5) is 0. The van der Waals surface area contributed by atoms with Gasteiger partial charge < -0.3 is 0 Å². The monoisotopic (exact) mass is 218 g/mol. The molecule has 0 aromatic rings. The molecule has 0 amide bonds. The Labute approximate surface area is 56.8 Å². The molecule has 0 saturated carbocycles. The molecule has 1 unspecified atom stereocenters. The minimum Gasteiger partial charge on any atom is -0.153 e. The molecule has 2 heteroatoms. The van der Waals surface area contributed by atoms with Crippen LogP contribution in [0.3, 0.4) is 0 Å². The van der Waals surface area contributed by atoms with Crippen LogP contribution < -0.4 is 0 Å². The maximum absolute atomic E-state index is 2.39. The lowest BCUT2D eigenvalue weighted by atomic mass is 10.4. The molecule has 0 radical (unpaired) electrons. The van der Waals surface area contributed by atoms with Gasteiger partial charge in [-0.3, -0.25) is 0 Å². The normalized spacial score (nSPS) is 7.00. The summed E-state index contributed by atoms with van der Waals surface area (Å²) < 4.78 is 1.31. The molecule has 0 aromatic heterocycles. The first-order valence-corrected chi connectivity index (χ1v) is 3.50. The van der Waals surface area contributed by atoms with Crippen molar-refractivity contribution in [3.8, 4) is 0 Å². The maximum Gasteiger partial charge on any atom is -0.000483 e. The lowest BCUT2D eigenvalue weighted by molar-refractivity contribution is 0.907. The Morgan fingerprint density at radius 1 is 1.50 bits per heavy atom. The molecular weight excluding hydrogens is 206 g/mol. The lowest BCUT2D eigenvalue weighted by Crippen LogP contribution is -1.64. The van der Waals surface area contributed by atoms with Crippen molar-refractivity contribution in [1.29, 1.82) is 0 Å². The van der Waals surface area contributed by atoms with Gasteiger partial charge in [0.1, 0.15) is 0 Å². The Morgan fingerprint density at radius 2 is 2.00 bits per heavy atom. The van der Waals surface area contributed by atoms with E-state index in [1.165, 1.54) is 17.3 Å². The molecule has 6 heavy (non-hydrogen) atoms. The molecule has 0 saturated heterocycles. The summed E-state index contributed by atoms with van der Waals surface area (Å²) in [7, 11) is 0. The first-order valence-electron chi connectivity index (χ1n) is 1.97. The van der Waals surface area contributed by atoms with Gasteiger partial charge in [0.05, 0.1) is 0 Å². The van der Waals surface area contributed by atoms with Gasteiger partial charge in [-0.05, 0) is 10.8 Å². The molecule has 40 valence electrons. The third kappa shape index (κ3) is 8.94. The number of hydrogen-bond acceptors (Lipinski definition) is 0. The highest BCUT2D eigenvalue weighted by Crippen LogP contribution is 1.90. The van der Waals surface area contributed by atoms with Crippen LogP contribution in [0.25, 0.3) is 0 Å². The van der Waals surface area contributed by atoms with E-state index in [1.807, 2.05) is 0 Å². The summed E-state index contributed by atoms with van der Waals surface area (Å²) in [6.07, 6.45) is 2.71. The third-order valence-electron chi connectivity index (χ3n) is 0.487. The number of rotatable bonds is 2. The van der Waals surface area contributed by atoms with E-state index in [-0.39, 0.29) is 9.90 Å². The highest BCUT2D eigenvalue weighted by atomic mass is 127. The number of unbranched alkanes of at least 4 members (excludes halogenated alkanes) is 1. The van der Waals surface area contributed by atoms with Crippen LogP contribution in [0.15, 0.2) is 0 Å². The van der Waals surface area contributed by atoms with Crippen molar-refractivity contribution in [3.63, 3.8) is 0 Å². The molecule has 0 fully saturated rings. The van der Waals surface area contributed by atoms with Crippen molar-refractivity contribution in [2.24, 2.45) is 0 Å². The Hall–Kier alpha value is 1.16. The van der Waals surface area contributed by atoms with Crippen LogP contribution >= 0.6 is 32.5 Å². The van der Waals surface area contributed by atoms with Crippen molar-refractivity contribution < 1.29 is 0 Å². The van der Waals surface area contributed by atoms with Crippen molar-refractivity contribution in [2.75, 3.05) is 4.43 Å². The van der Waals surface area contributed by atoms with Gasteiger partial charge in [0.25, 0.3) is 0 Å². The predicted molar refractivity (Wildman–Crippen MR) is 44.9 cm³/mol. The number of alkyl halides is 1. The summed E-state index contributed by atoms with van der Waals surface area (Å²) >= 11 is 2.39. The predicted octanol–water partition coefficient (Wildman–Crippen LogP) is 2.28. The first kappa shape index (κ1) is 10.2. The Balaban J connectivity index is 0. The summed E-state index contributed by atoms with van der Waals surface area (Å²) in [5.41, 5.74) is 0. The molecule has 1 atom stereocenters. The van der Waals surface area contributed by atoms with Crippen molar-refractivity contribution in [3.05, 3.63) is 0 Å². The fourth-order valence-electron chi connectivity index (χ4n) is 0.134. The topological polar surface area (TPSA) is 0 Å². The van der Waals surface area contributed by atoms with Gasteiger partial charge in [-0.1, -0.05) is 35.9 Å². The molecule has 0 aliphatic heterocycles. The summed E-state index contributed by atoms with van der Waals surface area (Å²) in [6, 6.07) is 0. The number of hydrogen-bond donors (Lipinski definition) is 0. The second-order valence-electron chi connectivity index (χ2n) is 1.04. The number of halogens is 1. The maximum atomic E-state index is 2.39. The Kier molecular flexibility index (Phi) is 16.1. The first-order chi connectivity index (χ1) is 2.41. The summed E-state index contributed by atoms with van der Waals surface area (Å²) in [6.45, 7) is 2.21. The van der Waals surface area contributed by atoms with Crippen LogP contribution in [0.1, 0.15) is 19.8 Å². The van der Waals surface area contributed by atoms with Gasteiger partial charge in [-0.15, -0.1) is 0 Å². The molecule has 0 rings (SSSR count). The van der Waals surface area contributed by atoms with Crippen LogP contribution in [-0.4, -0.2) is 4.43 Å². The highest BCUT2D eigenvalue weighted by Gasteiger charge is 1.69. The third-order valence-corrected chi connectivity index (χ3v) is 1.25. The molecule has 0 heterocycles. The second-order valence-corrected chi connectivity index (χ2v) is 2.12. The molecule has 0 nitrogen and oxygen atoms in total. The molecule has 0 spiro atoms. The fourth-order valence-corrected chi connectivity index (χ4v) is 0.896. The van der Waals surface area contributed by atoms with E-state index in [1.54, 1.807) is 0 Å². The van der Waals surface area contributed by atoms with Gasteiger partial charge in [0.15, 0.2) is 0 Å². The standard InChI is InChI=1S/C4H9I.H3P/c1-2-3-4-5;/h2-4H2,1H3;1H3. The lowest BCUT2D eigenvalue weighted by Gasteiger charge is -1.77. The second kappa shape index (κ2) is 9.48. The van der Waals surface area contributed by atoms with Gasteiger partial charge in [0, 0.05) is 0 Å². The highest BCUT2D eigenvalue weighted by molar-refractivity contribution is 14.1. The van der Waals surface area contributed by atoms with Crippen molar-refractivity contribution in [2.45, 2.75) is 19.8 Å². The van der Waals surface area contributed by atoms with Crippen LogP contribution in [0.5, 0.6) is 0 Å². The average molecular weight is 218 g/mol. The summed E-state index contributed by atoms with van der Waals surface area (Å²) in [5.74, 6) is 0. The zero-order valence-corrected chi connectivity index (χ0v) is 7.78. The van der Waals surface area contributed by atoms with Gasteiger partial charge in [0.2, 0.25) is 0 Å². The zero-order valence-electron chi connectivity index (χ0n) is 4.21. The van der Waals surface area contributed by atoms with E-state index in [4.69, 9.17) is 0 Å².